The summed E-state index contributed by atoms with van der Waals surface area (Å²) >= 11 is 0. The molecule has 1 atom stereocenters. The molecule has 0 radical (unpaired) electrons. The second-order valence-corrected chi connectivity index (χ2v) is 4.73. The molecular weight excluding hydrogens is 228 g/mol. The minimum Gasteiger partial charge on any atom is -0.481 e. The van der Waals surface area contributed by atoms with E-state index in [1.54, 1.807) is 6.07 Å². The van der Waals surface area contributed by atoms with E-state index in [4.69, 9.17) is 10.4 Å². The van der Waals surface area contributed by atoms with Crippen LogP contribution in [0.15, 0.2) is 18.2 Å². The Labute approximate surface area is 107 Å². The summed E-state index contributed by atoms with van der Waals surface area (Å²) in [5.74, 6) is -1.23. The van der Waals surface area contributed by atoms with E-state index in [1.807, 2.05) is 32.9 Å². The number of nitrogens with zero attached hydrogens (tertiary/aromatic N) is 1. The number of nitrogens with one attached hydrogen (secondary N) is 1. The molecule has 0 saturated carbocycles. The van der Waals surface area contributed by atoms with Gasteiger partial charge in [-0.05, 0) is 30.5 Å². The molecule has 0 aliphatic carbocycles. The fourth-order valence-corrected chi connectivity index (χ4v) is 1.73. The summed E-state index contributed by atoms with van der Waals surface area (Å²) in [5, 5.41) is 21.1. The van der Waals surface area contributed by atoms with Crippen molar-refractivity contribution in [3.63, 3.8) is 0 Å². The maximum absolute atomic E-state index is 11.1. The fourth-order valence-electron chi connectivity index (χ4n) is 1.73. The third-order valence-corrected chi connectivity index (χ3v) is 2.93. The van der Waals surface area contributed by atoms with Gasteiger partial charge in [0.25, 0.3) is 0 Å². The Morgan fingerprint density at radius 1 is 1.50 bits per heavy atom. The summed E-state index contributed by atoms with van der Waals surface area (Å²) in [6, 6.07) is 7.55. The highest BCUT2D eigenvalue weighted by Gasteiger charge is 2.21. The number of anilines is 1. The number of carbonyl (C=O) groups is 1. The van der Waals surface area contributed by atoms with Gasteiger partial charge in [0.05, 0.1) is 17.2 Å². The third kappa shape index (κ3) is 3.49. The molecule has 96 valence electrons. The Morgan fingerprint density at radius 3 is 2.67 bits per heavy atom. The first kappa shape index (κ1) is 14.0. The lowest BCUT2D eigenvalue weighted by Crippen LogP contribution is -2.27. The molecule has 1 unspecified atom stereocenters. The number of carboxylic acid groups (broad SMARTS) is 1. The highest BCUT2D eigenvalue weighted by Crippen LogP contribution is 2.19. The summed E-state index contributed by atoms with van der Waals surface area (Å²) in [5.41, 5.74) is 2.27. The number of carboxylic acids is 1. The quantitative estimate of drug-likeness (QED) is 0.837. The number of benzene rings is 1. The monoisotopic (exact) mass is 246 g/mol. The molecule has 0 saturated heterocycles. The van der Waals surface area contributed by atoms with Gasteiger partial charge < -0.3 is 10.4 Å². The van der Waals surface area contributed by atoms with Crippen molar-refractivity contribution in [1.29, 1.82) is 5.26 Å². The average molecular weight is 246 g/mol. The summed E-state index contributed by atoms with van der Waals surface area (Å²) in [6.07, 6.45) is 0. The van der Waals surface area contributed by atoms with E-state index in [2.05, 4.69) is 11.4 Å². The molecule has 1 rings (SSSR count). The second-order valence-electron chi connectivity index (χ2n) is 4.73. The summed E-state index contributed by atoms with van der Waals surface area (Å²) in [6.45, 7) is 6.01. The topological polar surface area (TPSA) is 73.1 Å². The Balaban J connectivity index is 2.82. The number of aliphatic carboxylic acids is 1. The van der Waals surface area contributed by atoms with Gasteiger partial charge in [-0.2, -0.15) is 5.26 Å². The minimum absolute atomic E-state index is 0.0466. The van der Waals surface area contributed by atoms with Crippen LogP contribution in [-0.2, 0) is 4.79 Å². The zero-order valence-electron chi connectivity index (χ0n) is 10.9. The van der Waals surface area contributed by atoms with Gasteiger partial charge in [0.2, 0.25) is 0 Å². The molecule has 0 aromatic heterocycles. The van der Waals surface area contributed by atoms with Gasteiger partial charge in [0, 0.05) is 6.54 Å². The first-order chi connectivity index (χ1) is 8.45. The molecule has 4 heteroatoms. The smallest absolute Gasteiger partial charge is 0.308 e. The lowest BCUT2D eigenvalue weighted by atomic mass is 9.96. The van der Waals surface area contributed by atoms with Crippen LogP contribution in [0.3, 0.4) is 0 Å². The summed E-state index contributed by atoms with van der Waals surface area (Å²) in [7, 11) is 0. The van der Waals surface area contributed by atoms with Gasteiger partial charge in [0.1, 0.15) is 6.07 Å². The van der Waals surface area contributed by atoms with E-state index in [1.165, 1.54) is 0 Å². The van der Waals surface area contributed by atoms with Crippen LogP contribution < -0.4 is 5.32 Å². The van der Waals surface area contributed by atoms with Crippen molar-refractivity contribution >= 4 is 11.7 Å². The highest BCUT2D eigenvalue weighted by atomic mass is 16.4. The second kappa shape index (κ2) is 6.06. The maximum Gasteiger partial charge on any atom is 0.308 e. The maximum atomic E-state index is 11.1. The Kier molecular flexibility index (Phi) is 4.73. The largest absolute Gasteiger partial charge is 0.481 e. The lowest BCUT2D eigenvalue weighted by Gasteiger charge is -2.18. The van der Waals surface area contributed by atoms with Crippen LogP contribution >= 0.6 is 0 Å². The molecular formula is C14H18N2O2. The Morgan fingerprint density at radius 2 is 2.17 bits per heavy atom. The van der Waals surface area contributed by atoms with E-state index in [0.717, 1.165) is 5.56 Å². The van der Waals surface area contributed by atoms with E-state index in [0.29, 0.717) is 17.8 Å². The van der Waals surface area contributed by atoms with Crippen LogP contribution in [0.4, 0.5) is 5.69 Å². The van der Waals surface area contributed by atoms with Gasteiger partial charge in [-0.15, -0.1) is 0 Å². The molecule has 18 heavy (non-hydrogen) atoms. The van der Waals surface area contributed by atoms with Crippen molar-refractivity contribution < 1.29 is 9.90 Å². The molecule has 0 aliphatic rings. The number of aryl methyl sites for hydroxylation is 1. The molecule has 1 aromatic carbocycles. The SMILES string of the molecule is Cc1ccc(C#N)c(NCC(C(=O)O)C(C)C)c1. The van der Waals surface area contributed by atoms with Crippen LogP contribution in [0, 0.1) is 30.1 Å². The predicted molar refractivity (Wildman–Crippen MR) is 70.3 cm³/mol. The van der Waals surface area contributed by atoms with E-state index in [9.17, 15) is 4.79 Å². The molecule has 0 heterocycles. The van der Waals surface area contributed by atoms with E-state index in [-0.39, 0.29) is 5.92 Å². The van der Waals surface area contributed by atoms with Gasteiger partial charge in [0.15, 0.2) is 0 Å². The van der Waals surface area contributed by atoms with Crippen LogP contribution in [-0.4, -0.2) is 17.6 Å². The molecule has 0 fully saturated rings. The zero-order valence-corrected chi connectivity index (χ0v) is 10.9. The van der Waals surface area contributed by atoms with Crippen LogP contribution in [0.2, 0.25) is 0 Å². The van der Waals surface area contributed by atoms with Crippen molar-refractivity contribution in [2.45, 2.75) is 20.8 Å². The van der Waals surface area contributed by atoms with Crippen molar-refractivity contribution in [3.05, 3.63) is 29.3 Å². The number of nitriles is 1. The Bertz CT molecular complexity index is 475. The van der Waals surface area contributed by atoms with E-state index < -0.39 is 11.9 Å². The minimum atomic E-state index is -0.816. The van der Waals surface area contributed by atoms with Crippen LogP contribution in [0.1, 0.15) is 25.0 Å². The molecule has 2 N–H and O–H groups in total. The van der Waals surface area contributed by atoms with E-state index >= 15 is 0 Å². The van der Waals surface area contributed by atoms with Gasteiger partial charge in [-0.1, -0.05) is 19.9 Å². The molecule has 0 spiro atoms. The average Bonchev–Trinajstić information content (AvgIpc) is 2.28. The van der Waals surface area contributed by atoms with Gasteiger partial charge in [-0.3, -0.25) is 4.79 Å². The molecule has 4 nitrogen and oxygen atoms in total. The normalized spacial score (nSPS) is 11.9. The van der Waals surface area contributed by atoms with Gasteiger partial charge in [-0.25, -0.2) is 0 Å². The lowest BCUT2D eigenvalue weighted by molar-refractivity contribution is -0.142. The summed E-state index contributed by atoms with van der Waals surface area (Å²) < 4.78 is 0. The first-order valence-corrected chi connectivity index (χ1v) is 5.93. The fraction of sp³-hybridized carbons (Fsp3) is 0.429. The van der Waals surface area contributed by atoms with Crippen molar-refractivity contribution in [2.24, 2.45) is 11.8 Å². The standard InChI is InChI=1S/C14H18N2O2/c1-9(2)12(14(17)18)8-16-13-6-10(3)4-5-11(13)7-15/h4-6,9,12,16H,8H2,1-3H3,(H,17,18). The molecule has 0 amide bonds. The molecule has 0 aliphatic heterocycles. The van der Waals surface area contributed by atoms with Crippen LogP contribution in [0.25, 0.3) is 0 Å². The van der Waals surface area contributed by atoms with Crippen molar-refractivity contribution in [1.82, 2.24) is 0 Å². The summed E-state index contributed by atoms with van der Waals surface area (Å²) in [4.78, 5) is 11.1. The molecule has 1 aromatic rings. The highest BCUT2D eigenvalue weighted by molar-refractivity contribution is 5.71. The van der Waals surface area contributed by atoms with Crippen molar-refractivity contribution in [3.8, 4) is 6.07 Å². The third-order valence-electron chi connectivity index (χ3n) is 2.93. The van der Waals surface area contributed by atoms with Gasteiger partial charge >= 0.3 is 5.97 Å². The molecule has 0 bridgehead atoms. The number of hydrogen-bond donors (Lipinski definition) is 2. The number of hydrogen-bond acceptors (Lipinski definition) is 3. The Hall–Kier alpha value is -2.02. The zero-order chi connectivity index (χ0) is 13.7. The van der Waals surface area contributed by atoms with Crippen molar-refractivity contribution in [2.75, 3.05) is 11.9 Å². The first-order valence-electron chi connectivity index (χ1n) is 5.93. The van der Waals surface area contributed by atoms with Crippen LogP contribution in [0.5, 0.6) is 0 Å². The number of rotatable bonds is 5. The predicted octanol–water partition coefficient (Wildman–Crippen LogP) is 2.64.